The first-order valence-corrected chi connectivity index (χ1v) is 3.56. The second-order valence-electron chi connectivity index (χ2n) is 2.83. The summed E-state index contributed by atoms with van der Waals surface area (Å²) in [6.07, 6.45) is 0. The first kappa shape index (κ1) is 18.6. The van der Waals surface area contributed by atoms with Crippen molar-refractivity contribution in [2.24, 2.45) is 5.41 Å². The van der Waals surface area contributed by atoms with E-state index in [4.69, 9.17) is 30.4 Å². The van der Waals surface area contributed by atoms with Gasteiger partial charge in [0.2, 0.25) is 0 Å². The molecule has 0 atom stereocenters. The molecule has 0 unspecified atom stereocenters. The maximum atomic E-state index is 8.43. The second-order valence-corrected chi connectivity index (χ2v) is 2.83. The lowest BCUT2D eigenvalue weighted by Gasteiger charge is -2.16. The van der Waals surface area contributed by atoms with Crippen LogP contribution in [0.5, 0.6) is 0 Å². The number of rotatable bonds is 2. The molecule has 0 spiro atoms. The topological polar surface area (TPSA) is 121 Å². The number of hydrogen-bond donors (Lipinski definition) is 6. The van der Waals surface area contributed by atoms with Crippen molar-refractivity contribution >= 4 is 7.32 Å². The highest BCUT2D eigenvalue weighted by atomic mass is 16.5. The molecule has 0 fully saturated rings. The van der Waals surface area contributed by atoms with E-state index >= 15 is 0 Å². The molecule has 7 heteroatoms. The van der Waals surface area contributed by atoms with E-state index in [2.05, 4.69) is 0 Å². The van der Waals surface area contributed by atoms with Crippen molar-refractivity contribution in [3.8, 4) is 0 Å². The van der Waals surface area contributed by atoms with Crippen molar-refractivity contribution in [2.75, 3.05) is 20.3 Å². The minimum absolute atomic E-state index is 0.0451. The van der Waals surface area contributed by atoms with Crippen molar-refractivity contribution in [2.45, 2.75) is 13.8 Å². The maximum Gasteiger partial charge on any atom is 0.631 e. The van der Waals surface area contributed by atoms with Gasteiger partial charge in [-0.15, -0.1) is 0 Å². The molecule has 0 bridgehead atoms. The van der Waals surface area contributed by atoms with Crippen molar-refractivity contribution < 1.29 is 30.4 Å². The average Bonchev–Trinajstić information content (AvgIpc) is 2.07. The van der Waals surface area contributed by atoms with Gasteiger partial charge >= 0.3 is 7.32 Å². The highest BCUT2D eigenvalue weighted by molar-refractivity contribution is 6.30. The first-order valence-electron chi connectivity index (χ1n) is 3.56. The molecule has 82 valence electrons. The molecule has 0 aromatic rings. The quantitative estimate of drug-likeness (QED) is 0.274. The molecule has 13 heavy (non-hydrogen) atoms. The Balaban J connectivity index is -0.000000142. The third-order valence-electron chi connectivity index (χ3n) is 0.856. The van der Waals surface area contributed by atoms with Crippen LogP contribution in [0.4, 0.5) is 0 Å². The van der Waals surface area contributed by atoms with Crippen molar-refractivity contribution in [3.63, 3.8) is 0 Å². The molecule has 0 saturated carbocycles. The van der Waals surface area contributed by atoms with Gasteiger partial charge in [-0.1, -0.05) is 13.8 Å². The van der Waals surface area contributed by atoms with E-state index in [0.717, 1.165) is 7.11 Å². The van der Waals surface area contributed by atoms with Gasteiger partial charge in [0.25, 0.3) is 0 Å². The Bertz CT molecular complexity index is 78.4. The fourth-order valence-corrected chi connectivity index (χ4v) is 0.0500. The summed E-state index contributed by atoms with van der Waals surface area (Å²) in [4.78, 5) is 0. The minimum Gasteiger partial charge on any atom is -0.402 e. The van der Waals surface area contributed by atoms with Gasteiger partial charge in [-0.05, 0) is 0 Å². The summed E-state index contributed by atoms with van der Waals surface area (Å²) in [6, 6.07) is 0. The number of aliphatic hydroxyl groups excluding tert-OH is 3. The Labute approximate surface area is 78.3 Å². The fraction of sp³-hybridized carbons (Fsp3) is 1.00. The summed E-state index contributed by atoms with van der Waals surface area (Å²) in [7, 11) is -1.17. The van der Waals surface area contributed by atoms with E-state index in [1.165, 1.54) is 0 Å². The van der Waals surface area contributed by atoms with Crippen LogP contribution in [0.15, 0.2) is 0 Å². The Hall–Kier alpha value is -0.175. The Kier molecular flexibility index (Phi) is 16.9. The zero-order chi connectivity index (χ0) is 11.5. The molecule has 0 rings (SSSR count). The summed E-state index contributed by atoms with van der Waals surface area (Å²) < 4.78 is 0. The van der Waals surface area contributed by atoms with Crippen LogP contribution in [0, 0.1) is 5.41 Å². The van der Waals surface area contributed by atoms with Gasteiger partial charge in [-0.25, -0.2) is 0 Å². The van der Waals surface area contributed by atoms with Crippen LogP contribution in [-0.2, 0) is 0 Å². The molecule has 0 aliphatic carbocycles. The number of aliphatic hydroxyl groups is 3. The van der Waals surface area contributed by atoms with Gasteiger partial charge in [0.1, 0.15) is 0 Å². The predicted molar refractivity (Wildman–Crippen MR) is 48.5 cm³/mol. The molecule has 0 radical (unpaired) electrons. The van der Waals surface area contributed by atoms with Crippen molar-refractivity contribution in [3.05, 3.63) is 0 Å². The number of hydrogen-bond acceptors (Lipinski definition) is 6. The van der Waals surface area contributed by atoms with Crippen LogP contribution in [0.25, 0.3) is 0 Å². The van der Waals surface area contributed by atoms with Crippen LogP contribution in [0.3, 0.4) is 0 Å². The smallest absolute Gasteiger partial charge is 0.402 e. The molecule has 0 aliphatic heterocycles. The van der Waals surface area contributed by atoms with E-state index in [1.54, 1.807) is 13.8 Å². The Morgan fingerprint density at radius 2 is 1.08 bits per heavy atom. The molecule has 0 amide bonds. The van der Waals surface area contributed by atoms with E-state index < -0.39 is 7.32 Å². The zero-order valence-electron chi connectivity index (χ0n) is 8.17. The normalized spacial score (nSPS) is 9.00. The highest BCUT2D eigenvalue weighted by Crippen LogP contribution is 2.10. The molecule has 0 saturated heterocycles. The van der Waals surface area contributed by atoms with Crippen LogP contribution >= 0.6 is 0 Å². The summed E-state index contributed by atoms with van der Waals surface area (Å²) in [5.74, 6) is 0. The van der Waals surface area contributed by atoms with Gasteiger partial charge in [-0.2, -0.15) is 0 Å². The molecule has 0 aromatic heterocycles. The Morgan fingerprint density at radius 3 is 1.08 bits per heavy atom. The van der Waals surface area contributed by atoms with Crippen LogP contribution in [0.2, 0.25) is 0 Å². The standard InChI is InChI=1S/C5H12O2.CH4O.BH3O3/c1-5(2,3-6)4-7;1-2;2-1(3)4/h6-7H,3-4H2,1-2H3;2H,1H3;2-4H. The van der Waals surface area contributed by atoms with E-state index in [1.807, 2.05) is 0 Å². The lowest BCUT2D eigenvalue weighted by atomic mass is 9.97. The predicted octanol–water partition coefficient (Wildman–Crippen LogP) is -2.45. The maximum absolute atomic E-state index is 8.43. The van der Waals surface area contributed by atoms with Gasteiger partial charge < -0.3 is 30.4 Å². The summed E-state index contributed by atoms with van der Waals surface area (Å²) in [5.41, 5.74) is -0.306. The molecule has 6 N–H and O–H groups in total. The van der Waals surface area contributed by atoms with Gasteiger partial charge in [0, 0.05) is 12.5 Å². The Morgan fingerprint density at radius 1 is 0.923 bits per heavy atom. The van der Waals surface area contributed by atoms with Crippen LogP contribution < -0.4 is 0 Å². The molecule has 0 aromatic carbocycles. The van der Waals surface area contributed by atoms with Gasteiger partial charge in [-0.3, -0.25) is 0 Å². The van der Waals surface area contributed by atoms with Crippen molar-refractivity contribution in [1.29, 1.82) is 0 Å². The van der Waals surface area contributed by atoms with Gasteiger partial charge in [0.15, 0.2) is 0 Å². The summed E-state index contributed by atoms with van der Waals surface area (Å²) in [5, 5.41) is 45.4. The van der Waals surface area contributed by atoms with Crippen molar-refractivity contribution in [1.82, 2.24) is 0 Å². The van der Waals surface area contributed by atoms with Gasteiger partial charge in [0.05, 0.1) is 13.2 Å². The molecule has 0 heterocycles. The SMILES string of the molecule is CC(C)(CO)CO.CO.OB(O)O. The van der Waals surface area contributed by atoms with E-state index in [0.29, 0.717) is 0 Å². The summed E-state index contributed by atoms with van der Waals surface area (Å²) >= 11 is 0. The third kappa shape index (κ3) is 33.6. The van der Waals surface area contributed by atoms with Crippen LogP contribution in [-0.4, -0.2) is 58.0 Å². The second kappa shape index (κ2) is 11.8. The summed E-state index contributed by atoms with van der Waals surface area (Å²) in [6.45, 7) is 3.69. The fourth-order valence-electron chi connectivity index (χ4n) is 0.0500. The third-order valence-corrected chi connectivity index (χ3v) is 0.856. The molecule has 0 aliphatic rings. The van der Waals surface area contributed by atoms with E-state index in [9.17, 15) is 0 Å². The lowest BCUT2D eigenvalue weighted by molar-refractivity contribution is 0.0857. The lowest BCUT2D eigenvalue weighted by Crippen LogP contribution is -2.20. The molecular formula is C6H19BO6. The molecule has 6 nitrogen and oxygen atoms in total. The zero-order valence-corrected chi connectivity index (χ0v) is 8.17. The minimum atomic E-state index is -2.17. The monoisotopic (exact) mass is 198 g/mol. The molecular weight excluding hydrogens is 179 g/mol. The largest absolute Gasteiger partial charge is 0.631 e. The van der Waals surface area contributed by atoms with Crippen LogP contribution in [0.1, 0.15) is 13.8 Å². The van der Waals surface area contributed by atoms with E-state index in [-0.39, 0.29) is 18.6 Å². The highest BCUT2D eigenvalue weighted by Gasteiger charge is 2.13. The average molecular weight is 198 g/mol. The first-order chi connectivity index (χ1) is 5.85.